The minimum atomic E-state index is -0.259. The van der Waals surface area contributed by atoms with E-state index in [4.69, 9.17) is 23.2 Å². The number of hydrogen-bond donors (Lipinski definition) is 2. The molecule has 0 aliphatic heterocycles. The van der Waals surface area contributed by atoms with Gasteiger partial charge in [-0.15, -0.1) is 0 Å². The molecule has 1 aromatic rings. The molecule has 3 amide bonds. The van der Waals surface area contributed by atoms with Crippen molar-refractivity contribution in [3.63, 3.8) is 0 Å². The number of hydrogen-bond acceptors (Lipinski definition) is 2. The van der Waals surface area contributed by atoms with Gasteiger partial charge in [-0.2, -0.15) is 0 Å². The highest BCUT2D eigenvalue weighted by Gasteiger charge is 2.09. The molecule has 0 fully saturated rings. The van der Waals surface area contributed by atoms with Gasteiger partial charge < -0.3 is 15.5 Å². The minimum absolute atomic E-state index is 0.135. The summed E-state index contributed by atoms with van der Waals surface area (Å²) < 4.78 is 0. The second-order valence-electron chi connectivity index (χ2n) is 4.29. The summed E-state index contributed by atoms with van der Waals surface area (Å²) >= 11 is 11.6. The molecule has 0 bridgehead atoms. The van der Waals surface area contributed by atoms with Crippen molar-refractivity contribution < 1.29 is 9.59 Å². The van der Waals surface area contributed by atoms with Crippen molar-refractivity contribution in [2.45, 2.75) is 13.8 Å². The number of benzene rings is 1. The number of carbonyl (C=O) groups is 2. The Labute approximate surface area is 134 Å². The van der Waals surface area contributed by atoms with Gasteiger partial charge in [0.2, 0.25) is 0 Å². The van der Waals surface area contributed by atoms with Crippen LogP contribution in [0, 0.1) is 0 Å². The van der Waals surface area contributed by atoms with Gasteiger partial charge in [0.15, 0.2) is 0 Å². The molecule has 0 aliphatic carbocycles. The van der Waals surface area contributed by atoms with Crippen LogP contribution in [0.25, 0.3) is 0 Å². The maximum absolute atomic E-state index is 11.9. The molecule has 0 unspecified atom stereocenters. The van der Waals surface area contributed by atoms with Crippen molar-refractivity contribution in [3.8, 4) is 0 Å². The van der Waals surface area contributed by atoms with Crippen molar-refractivity contribution >= 4 is 35.1 Å². The molecular formula is C14H19Cl2N3O2. The summed E-state index contributed by atoms with van der Waals surface area (Å²) in [6, 6.07) is 4.54. The fourth-order valence-electron chi connectivity index (χ4n) is 1.71. The highest BCUT2D eigenvalue weighted by molar-refractivity contribution is 6.42. The van der Waals surface area contributed by atoms with Gasteiger partial charge in [-0.25, -0.2) is 4.79 Å². The van der Waals surface area contributed by atoms with E-state index in [0.717, 1.165) is 0 Å². The van der Waals surface area contributed by atoms with Crippen LogP contribution in [0.4, 0.5) is 4.79 Å². The number of nitrogens with one attached hydrogen (secondary N) is 2. The van der Waals surface area contributed by atoms with E-state index in [9.17, 15) is 9.59 Å². The first kappa shape index (κ1) is 17.6. The SMILES string of the molecule is CCN(CC)C(=O)NCCNC(=O)c1ccc(Cl)c(Cl)c1. The summed E-state index contributed by atoms with van der Waals surface area (Å²) in [6.07, 6.45) is 0. The second kappa shape index (κ2) is 8.74. The quantitative estimate of drug-likeness (QED) is 0.787. The molecule has 0 aliphatic rings. The first-order chi connectivity index (χ1) is 9.99. The number of nitrogens with zero attached hydrogens (tertiary/aromatic N) is 1. The van der Waals surface area contributed by atoms with E-state index in [1.54, 1.807) is 17.0 Å². The van der Waals surface area contributed by atoms with Gasteiger partial charge >= 0.3 is 6.03 Å². The molecule has 0 aromatic heterocycles. The number of amides is 3. The van der Waals surface area contributed by atoms with Crippen LogP contribution < -0.4 is 10.6 Å². The average molecular weight is 332 g/mol. The zero-order valence-corrected chi connectivity index (χ0v) is 13.6. The molecule has 0 spiro atoms. The Morgan fingerprint density at radius 3 is 2.24 bits per heavy atom. The van der Waals surface area contributed by atoms with Crippen LogP contribution in [0.15, 0.2) is 18.2 Å². The third-order valence-electron chi connectivity index (χ3n) is 2.92. The lowest BCUT2D eigenvalue weighted by molar-refractivity contribution is 0.0953. The van der Waals surface area contributed by atoms with Crippen LogP contribution in [-0.2, 0) is 0 Å². The Morgan fingerprint density at radius 1 is 1.05 bits per heavy atom. The first-order valence-electron chi connectivity index (χ1n) is 6.75. The predicted octanol–water partition coefficient (Wildman–Crippen LogP) is 2.77. The van der Waals surface area contributed by atoms with E-state index >= 15 is 0 Å². The van der Waals surface area contributed by atoms with Crippen molar-refractivity contribution in [1.29, 1.82) is 0 Å². The van der Waals surface area contributed by atoms with E-state index in [1.807, 2.05) is 13.8 Å². The predicted molar refractivity (Wildman–Crippen MR) is 85.1 cm³/mol. The summed E-state index contributed by atoms with van der Waals surface area (Å²) in [6.45, 7) is 5.83. The maximum atomic E-state index is 11.9. The third-order valence-corrected chi connectivity index (χ3v) is 3.66. The molecule has 5 nitrogen and oxygen atoms in total. The minimum Gasteiger partial charge on any atom is -0.350 e. The van der Waals surface area contributed by atoms with Crippen molar-refractivity contribution in [2.75, 3.05) is 26.2 Å². The van der Waals surface area contributed by atoms with E-state index in [1.165, 1.54) is 6.07 Å². The highest BCUT2D eigenvalue weighted by Crippen LogP contribution is 2.22. The van der Waals surface area contributed by atoms with Crippen LogP contribution in [0.2, 0.25) is 10.0 Å². The van der Waals surface area contributed by atoms with Crippen LogP contribution in [0.3, 0.4) is 0 Å². The lowest BCUT2D eigenvalue weighted by atomic mass is 10.2. The standard InChI is InChI=1S/C14H19Cl2N3O2/c1-3-19(4-2)14(21)18-8-7-17-13(20)10-5-6-11(15)12(16)9-10/h5-6,9H,3-4,7-8H2,1-2H3,(H,17,20)(H,18,21). The lowest BCUT2D eigenvalue weighted by Gasteiger charge is -2.19. The van der Waals surface area contributed by atoms with E-state index in [-0.39, 0.29) is 11.9 Å². The van der Waals surface area contributed by atoms with Gasteiger partial charge in [0, 0.05) is 31.7 Å². The maximum Gasteiger partial charge on any atom is 0.317 e. The normalized spacial score (nSPS) is 10.1. The zero-order valence-electron chi connectivity index (χ0n) is 12.1. The van der Waals surface area contributed by atoms with Gasteiger partial charge in [-0.05, 0) is 32.0 Å². The molecule has 21 heavy (non-hydrogen) atoms. The van der Waals surface area contributed by atoms with Crippen molar-refractivity contribution in [1.82, 2.24) is 15.5 Å². The Kier molecular flexibility index (Phi) is 7.32. The fraction of sp³-hybridized carbons (Fsp3) is 0.429. The van der Waals surface area contributed by atoms with Crippen LogP contribution in [-0.4, -0.2) is 43.0 Å². The summed E-state index contributed by atoms with van der Waals surface area (Å²) in [5, 5.41) is 6.17. The van der Waals surface area contributed by atoms with Crippen LogP contribution >= 0.6 is 23.2 Å². The Bertz CT molecular complexity index is 505. The third kappa shape index (κ3) is 5.44. The molecule has 7 heteroatoms. The lowest BCUT2D eigenvalue weighted by Crippen LogP contribution is -2.42. The Morgan fingerprint density at radius 2 is 1.67 bits per heavy atom. The summed E-state index contributed by atoms with van der Waals surface area (Å²) in [4.78, 5) is 25.2. The smallest absolute Gasteiger partial charge is 0.317 e. The average Bonchev–Trinajstić information content (AvgIpc) is 2.47. The van der Waals surface area contributed by atoms with Crippen LogP contribution in [0.5, 0.6) is 0 Å². The zero-order chi connectivity index (χ0) is 15.8. The molecule has 0 heterocycles. The highest BCUT2D eigenvalue weighted by atomic mass is 35.5. The monoisotopic (exact) mass is 331 g/mol. The van der Waals surface area contributed by atoms with Gasteiger partial charge in [0.25, 0.3) is 5.91 Å². The number of urea groups is 1. The molecule has 1 rings (SSSR count). The first-order valence-corrected chi connectivity index (χ1v) is 7.51. The number of carbonyl (C=O) groups excluding carboxylic acids is 2. The van der Waals surface area contributed by atoms with E-state index in [2.05, 4.69) is 10.6 Å². The fourth-order valence-corrected chi connectivity index (χ4v) is 2.01. The summed E-state index contributed by atoms with van der Waals surface area (Å²) in [5.74, 6) is -0.259. The van der Waals surface area contributed by atoms with Crippen molar-refractivity contribution in [3.05, 3.63) is 33.8 Å². The summed E-state index contributed by atoms with van der Waals surface area (Å²) in [7, 11) is 0. The topological polar surface area (TPSA) is 61.4 Å². The number of rotatable bonds is 6. The molecule has 2 N–H and O–H groups in total. The van der Waals surface area contributed by atoms with E-state index < -0.39 is 0 Å². The molecular weight excluding hydrogens is 313 g/mol. The second-order valence-corrected chi connectivity index (χ2v) is 5.10. The Balaban J connectivity index is 2.37. The molecule has 1 aromatic carbocycles. The molecule has 0 saturated heterocycles. The molecule has 0 atom stereocenters. The van der Waals surface area contributed by atoms with Gasteiger partial charge in [0.1, 0.15) is 0 Å². The molecule has 0 radical (unpaired) electrons. The number of halogens is 2. The van der Waals surface area contributed by atoms with Gasteiger partial charge in [-0.1, -0.05) is 23.2 Å². The van der Waals surface area contributed by atoms with E-state index in [0.29, 0.717) is 41.8 Å². The Hall–Kier alpha value is -1.46. The molecule has 0 saturated carbocycles. The summed E-state index contributed by atoms with van der Waals surface area (Å²) in [5.41, 5.74) is 0.430. The molecule has 116 valence electrons. The van der Waals surface area contributed by atoms with Crippen molar-refractivity contribution in [2.24, 2.45) is 0 Å². The van der Waals surface area contributed by atoms with Crippen LogP contribution in [0.1, 0.15) is 24.2 Å². The van der Waals surface area contributed by atoms with Gasteiger partial charge in [-0.3, -0.25) is 4.79 Å². The largest absolute Gasteiger partial charge is 0.350 e. The van der Waals surface area contributed by atoms with Gasteiger partial charge in [0.05, 0.1) is 10.0 Å².